The molecule has 0 aliphatic heterocycles. The van der Waals surface area contributed by atoms with Crippen LogP contribution in [0.15, 0.2) is 42.5 Å². The number of aryl methyl sites for hydroxylation is 1. The molecule has 0 bridgehead atoms. The maximum atomic E-state index is 12.1. The van der Waals surface area contributed by atoms with Crippen molar-refractivity contribution in [3.63, 3.8) is 0 Å². The third-order valence-electron chi connectivity index (χ3n) is 3.23. The van der Waals surface area contributed by atoms with Gasteiger partial charge in [0.2, 0.25) is 10.0 Å². The predicted octanol–water partition coefficient (Wildman–Crippen LogP) is 2.82. The molecule has 9 heteroatoms. The summed E-state index contributed by atoms with van der Waals surface area (Å²) >= 11 is 5.98. The molecule has 7 nitrogen and oxygen atoms in total. The van der Waals surface area contributed by atoms with E-state index in [-0.39, 0.29) is 11.3 Å². The molecule has 2 aromatic carbocycles. The SMILES string of the molecule is Cc1ccc(NC(=O)COC(=O)c2ccccc2NS(C)(=O)=O)cc1Cl. The van der Waals surface area contributed by atoms with Crippen molar-refractivity contribution in [2.45, 2.75) is 6.92 Å². The first-order valence-corrected chi connectivity index (χ1v) is 9.72. The second kappa shape index (κ2) is 8.20. The third-order valence-corrected chi connectivity index (χ3v) is 4.23. The molecular formula is C17H17ClN2O5S. The summed E-state index contributed by atoms with van der Waals surface area (Å²) in [6.07, 6.45) is 0.968. The Morgan fingerprint density at radius 2 is 1.85 bits per heavy atom. The van der Waals surface area contributed by atoms with Crippen LogP contribution in [0.4, 0.5) is 11.4 Å². The van der Waals surface area contributed by atoms with E-state index in [1.807, 2.05) is 6.92 Å². The molecule has 0 radical (unpaired) electrons. The van der Waals surface area contributed by atoms with Crippen LogP contribution >= 0.6 is 11.6 Å². The topological polar surface area (TPSA) is 102 Å². The molecule has 0 fully saturated rings. The third kappa shape index (κ3) is 5.75. The van der Waals surface area contributed by atoms with Gasteiger partial charge in [-0.05, 0) is 36.8 Å². The van der Waals surface area contributed by atoms with Gasteiger partial charge in [0, 0.05) is 10.7 Å². The van der Waals surface area contributed by atoms with Gasteiger partial charge in [0.25, 0.3) is 5.91 Å². The first-order chi connectivity index (χ1) is 12.2. The number of halogens is 1. The molecule has 0 spiro atoms. The number of amides is 1. The van der Waals surface area contributed by atoms with Gasteiger partial charge in [-0.1, -0.05) is 29.8 Å². The Morgan fingerprint density at radius 3 is 2.50 bits per heavy atom. The number of benzene rings is 2. The van der Waals surface area contributed by atoms with Gasteiger partial charge in [0.1, 0.15) is 0 Å². The highest BCUT2D eigenvalue weighted by Crippen LogP contribution is 2.20. The molecule has 2 aromatic rings. The van der Waals surface area contributed by atoms with Gasteiger partial charge in [-0.3, -0.25) is 9.52 Å². The standard InChI is InChI=1S/C17H17ClN2O5S/c1-11-7-8-12(9-14(11)18)19-16(21)10-25-17(22)13-5-3-4-6-15(13)20-26(2,23)24/h3-9,20H,10H2,1-2H3,(H,19,21). The minimum atomic E-state index is -3.56. The normalized spacial score (nSPS) is 10.9. The Kier molecular flexibility index (Phi) is 6.23. The largest absolute Gasteiger partial charge is 0.452 e. The van der Waals surface area contributed by atoms with Gasteiger partial charge < -0.3 is 10.1 Å². The lowest BCUT2D eigenvalue weighted by atomic mass is 10.2. The average Bonchev–Trinajstić information content (AvgIpc) is 2.55. The van der Waals surface area contributed by atoms with Gasteiger partial charge >= 0.3 is 5.97 Å². The molecule has 0 saturated carbocycles. The molecule has 0 saturated heterocycles. The fourth-order valence-electron chi connectivity index (χ4n) is 2.03. The van der Waals surface area contributed by atoms with Crippen LogP contribution in [-0.2, 0) is 19.6 Å². The van der Waals surface area contributed by atoms with Crippen molar-refractivity contribution in [1.82, 2.24) is 0 Å². The van der Waals surface area contributed by atoms with Crippen molar-refractivity contribution in [1.29, 1.82) is 0 Å². The highest BCUT2D eigenvalue weighted by Gasteiger charge is 2.16. The van der Waals surface area contributed by atoms with Crippen LogP contribution in [0.25, 0.3) is 0 Å². The summed E-state index contributed by atoms with van der Waals surface area (Å²) in [5.41, 5.74) is 1.42. The second-order valence-electron chi connectivity index (χ2n) is 5.51. The number of hydrogen-bond donors (Lipinski definition) is 2. The highest BCUT2D eigenvalue weighted by atomic mass is 35.5. The summed E-state index contributed by atoms with van der Waals surface area (Å²) < 4.78 is 29.9. The summed E-state index contributed by atoms with van der Waals surface area (Å²) in [4.78, 5) is 24.1. The highest BCUT2D eigenvalue weighted by molar-refractivity contribution is 7.92. The van der Waals surface area contributed by atoms with E-state index in [0.717, 1.165) is 11.8 Å². The number of anilines is 2. The fraction of sp³-hybridized carbons (Fsp3) is 0.176. The van der Waals surface area contributed by atoms with E-state index in [0.29, 0.717) is 10.7 Å². The summed E-state index contributed by atoms with van der Waals surface area (Å²) in [7, 11) is -3.56. The molecule has 0 atom stereocenters. The van der Waals surface area contributed by atoms with Crippen LogP contribution < -0.4 is 10.0 Å². The van der Waals surface area contributed by atoms with E-state index in [1.54, 1.807) is 30.3 Å². The molecular weight excluding hydrogens is 380 g/mol. The van der Waals surface area contributed by atoms with Crippen LogP contribution in [0.3, 0.4) is 0 Å². The number of carbonyl (C=O) groups excluding carboxylic acids is 2. The van der Waals surface area contributed by atoms with E-state index >= 15 is 0 Å². The number of rotatable bonds is 6. The zero-order valence-electron chi connectivity index (χ0n) is 14.1. The van der Waals surface area contributed by atoms with Crippen molar-refractivity contribution in [2.24, 2.45) is 0 Å². The maximum absolute atomic E-state index is 12.1. The van der Waals surface area contributed by atoms with Crippen LogP contribution in [0, 0.1) is 6.92 Å². The van der Waals surface area contributed by atoms with E-state index in [9.17, 15) is 18.0 Å². The van der Waals surface area contributed by atoms with Gasteiger partial charge in [0.05, 0.1) is 17.5 Å². The molecule has 0 unspecified atom stereocenters. The number of para-hydroxylation sites is 1. The molecule has 26 heavy (non-hydrogen) atoms. The first kappa shape index (κ1) is 19.7. The second-order valence-corrected chi connectivity index (χ2v) is 7.66. The Morgan fingerprint density at radius 1 is 1.15 bits per heavy atom. The van der Waals surface area contributed by atoms with Gasteiger partial charge in [0.15, 0.2) is 6.61 Å². The number of hydrogen-bond acceptors (Lipinski definition) is 5. The molecule has 0 heterocycles. The minimum absolute atomic E-state index is 0.00380. The number of nitrogens with one attached hydrogen (secondary N) is 2. The predicted molar refractivity (Wildman–Crippen MR) is 100 cm³/mol. The number of esters is 1. The van der Waals surface area contributed by atoms with Crippen molar-refractivity contribution >= 4 is 44.9 Å². The Hall–Kier alpha value is -2.58. The molecule has 2 N–H and O–H groups in total. The van der Waals surface area contributed by atoms with E-state index in [2.05, 4.69) is 10.0 Å². The molecule has 0 aliphatic carbocycles. The molecule has 1 amide bonds. The molecule has 0 aliphatic rings. The van der Waals surface area contributed by atoms with E-state index in [1.165, 1.54) is 12.1 Å². The molecule has 2 rings (SSSR count). The minimum Gasteiger partial charge on any atom is -0.452 e. The lowest BCUT2D eigenvalue weighted by molar-refractivity contribution is -0.119. The van der Waals surface area contributed by atoms with Gasteiger partial charge in [-0.2, -0.15) is 0 Å². The van der Waals surface area contributed by atoms with Crippen molar-refractivity contribution in [2.75, 3.05) is 22.9 Å². The van der Waals surface area contributed by atoms with Crippen LogP contribution in [-0.4, -0.2) is 33.2 Å². The lowest BCUT2D eigenvalue weighted by Crippen LogP contribution is -2.22. The van der Waals surface area contributed by atoms with Crippen LogP contribution in [0.5, 0.6) is 0 Å². The van der Waals surface area contributed by atoms with Crippen molar-refractivity contribution < 1.29 is 22.7 Å². The summed E-state index contributed by atoms with van der Waals surface area (Å²) in [5, 5.41) is 3.06. The van der Waals surface area contributed by atoms with Gasteiger partial charge in [-0.25, -0.2) is 13.2 Å². The maximum Gasteiger partial charge on any atom is 0.340 e. The average molecular weight is 397 g/mol. The molecule has 138 valence electrons. The first-order valence-electron chi connectivity index (χ1n) is 7.45. The number of sulfonamides is 1. The lowest BCUT2D eigenvalue weighted by Gasteiger charge is -2.11. The summed E-state index contributed by atoms with van der Waals surface area (Å²) in [5.74, 6) is -1.37. The monoisotopic (exact) mass is 396 g/mol. The number of ether oxygens (including phenoxy) is 1. The Labute approximate surface area is 156 Å². The summed E-state index contributed by atoms with van der Waals surface area (Å²) in [6, 6.07) is 10.9. The number of carbonyl (C=O) groups is 2. The van der Waals surface area contributed by atoms with Gasteiger partial charge in [-0.15, -0.1) is 0 Å². The van der Waals surface area contributed by atoms with Crippen LogP contribution in [0.2, 0.25) is 5.02 Å². The van der Waals surface area contributed by atoms with E-state index < -0.39 is 28.5 Å². The zero-order chi connectivity index (χ0) is 19.3. The smallest absolute Gasteiger partial charge is 0.340 e. The van der Waals surface area contributed by atoms with Crippen LogP contribution in [0.1, 0.15) is 15.9 Å². The van der Waals surface area contributed by atoms with Crippen molar-refractivity contribution in [3.8, 4) is 0 Å². The fourth-order valence-corrected chi connectivity index (χ4v) is 2.78. The molecule has 0 aromatic heterocycles. The summed E-state index contributed by atoms with van der Waals surface area (Å²) in [6.45, 7) is 1.30. The zero-order valence-corrected chi connectivity index (χ0v) is 15.6. The van der Waals surface area contributed by atoms with E-state index in [4.69, 9.17) is 16.3 Å². The Balaban J connectivity index is 2.00. The Bertz CT molecular complexity index is 944. The van der Waals surface area contributed by atoms with Crippen molar-refractivity contribution in [3.05, 3.63) is 58.6 Å². The quantitative estimate of drug-likeness (QED) is 0.731.